The standard InChI is InChI=1S/C24H32F3NO/c1-3-4-5-6-7-8-16-29-22-15-13-20(23(26)24(22)27)21-14-12-19(17-28-21)11-9-10-18(2)25/h12-15,17-18H,3-11,16H2,1-2H3. The van der Waals surface area contributed by atoms with Crippen molar-refractivity contribution < 1.29 is 17.9 Å². The third kappa shape index (κ3) is 7.71. The monoisotopic (exact) mass is 407 g/mol. The van der Waals surface area contributed by atoms with Crippen LogP contribution in [0.1, 0.15) is 70.8 Å². The Morgan fingerprint density at radius 1 is 0.931 bits per heavy atom. The van der Waals surface area contributed by atoms with Crippen LogP contribution in [0.5, 0.6) is 5.75 Å². The van der Waals surface area contributed by atoms with E-state index < -0.39 is 17.8 Å². The zero-order valence-corrected chi connectivity index (χ0v) is 17.5. The lowest BCUT2D eigenvalue weighted by Crippen LogP contribution is -2.02. The second-order valence-electron chi connectivity index (χ2n) is 7.58. The lowest BCUT2D eigenvalue weighted by atomic mass is 10.1. The number of aromatic nitrogens is 1. The molecule has 29 heavy (non-hydrogen) atoms. The summed E-state index contributed by atoms with van der Waals surface area (Å²) in [4.78, 5) is 4.25. The second kappa shape index (κ2) is 12.5. The van der Waals surface area contributed by atoms with Crippen LogP contribution in [0.4, 0.5) is 13.2 Å². The summed E-state index contributed by atoms with van der Waals surface area (Å²) in [5.74, 6) is -1.98. The Kier molecular flexibility index (Phi) is 10.0. The lowest BCUT2D eigenvalue weighted by molar-refractivity contribution is 0.285. The van der Waals surface area contributed by atoms with E-state index in [2.05, 4.69) is 11.9 Å². The maximum atomic E-state index is 14.5. The molecule has 0 radical (unpaired) electrons. The second-order valence-corrected chi connectivity index (χ2v) is 7.58. The molecule has 2 aromatic rings. The molecule has 2 rings (SSSR count). The molecule has 1 aromatic heterocycles. The number of hydrogen-bond acceptors (Lipinski definition) is 2. The largest absolute Gasteiger partial charge is 0.490 e. The first kappa shape index (κ1) is 23.2. The van der Waals surface area contributed by atoms with E-state index >= 15 is 0 Å². The molecule has 0 fully saturated rings. The molecule has 0 amide bonds. The molecule has 160 valence electrons. The van der Waals surface area contributed by atoms with Crippen molar-refractivity contribution in [2.75, 3.05) is 6.61 Å². The molecule has 0 bridgehead atoms. The van der Waals surface area contributed by atoms with Gasteiger partial charge in [-0.15, -0.1) is 0 Å². The van der Waals surface area contributed by atoms with E-state index in [1.54, 1.807) is 19.2 Å². The maximum absolute atomic E-state index is 14.5. The van der Waals surface area contributed by atoms with Crippen molar-refractivity contribution in [3.63, 3.8) is 0 Å². The lowest BCUT2D eigenvalue weighted by Gasteiger charge is -2.10. The van der Waals surface area contributed by atoms with Gasteiger partial charge in [-0.3, -0.25) is 4.98 Å². The van der Waals surface area contributed by atoms with Gasteiger partial charge in [-0.1, -0.05) is 45.1 Å². The van der Waals surface area contributed by atoms with Gasteiger partial charge in [-0.05, 0) is 56.4 Å². The molecule has 0 saturated carbocycles. The minimum Gasteiger partial charge on any atom is -0.490 e. The highest BCUT2D eigenvalue weighted by atomic mass is 19.2. The maximum Gasteiger partial charge on any atom is 0.201 e. The van der Waals surface area contributed by atoms with Crippen molar-refractivity contribution in [2.45, 2.75) is 77.8 Å². The van der Waals surface area contributed by atoms with E-state index in [0.717, 1.165) is 31.2 Å². The fourth-order valence-corrected chi connectivity index (χ4v) is 3.22. The van der Waals surface area contributed by atoms with E-state index in [0.29, 0.717) is 25.1 Å². The SMILES string of the molecule is CCCCCCCCOc1ccc(-c2ccc(CCCC(C)F)cn2)c(F)c1F. The summed E-state index contributed by atoms with van der Waals surface area (Å²) in [7, 11) is 0. The number of aryl methyl sites for hydroxylation is 1. The number of halogens is 3. The van der Waals surface area contributed by atoms with Gasteiger partial charge in [-0.2, -0.15) is 4.39 Å². The van der Waals surface area contributed by atoms with Gasteiger partial charge in [0.15, 0.2) is 11.6 Å². The van der Waals surface area contributed by atoms with Crippen LogP contribution in [0.15, 0.2) is 30.5 Å². The van der Waals surface area contributed by atoms with E-state index in [1.165, 1.54) is 31.4 Å². The van der Waals surface area contributed by atoms with Crippen LogP contribution in [0.25, 0.3) is 11.3 Å². The Morgan fingerprint density at radius 3 is 2.38 bits per heavy atom. The van der Waals surface area contributed by atoms with Crippen molar-refractivity contribution in [1.29, 1.82) is 0 Å². The number of ether oxygens (including phenoxy) is 1. The molecule has 1 heterocycles. The van der Waals surface area contributed by atoms with Gasteiger partial charge in [-0.25, -0.2) is 8.78 Å². The zero-order valence-electron chi connectivity index (χ0n) is 17.5. The highest BCUT2D eigenvalue weighted by molar-refractivity contribution is 5.61. The summed E-state index contributed by atoms with van der Waals surface area (Å²) in [6.07, 6.45) is 9.39. The van der Waals surface area contributed by atoms with Crippen molar-refractivity contribution in [3.8, 4) is 17.0 Å². The Morgan fingerprint density at radius 2 is 1.69 bits per heavy atom. The molecule has 1 atom stereocenters. The van der Waals surface area contributed by atoms with Gasteiger partial charge in [0.25, 0.3) is 0 Å². The van der Waals surface area contributed by atoms with Gasteiger partial charge >= 0.3 is 0 Å². The quantitative estimate of drug-likeness (QED) is 0.322. The summed E-state index contributed by atoms with van der Waals surface area (Å²) in [5.41, 5.74) is 1.43. The predicted octanol–water partition coefficient (Wildman–Crippen LogP) is 7.45. The van der Waals surface area contributed by atoms with Crippen LogP contribution in [0.3, 0.4) is 0 Å². The van der Waals surface area contributed by atoms with Crippen LogP contribution in [0.2, 0.25) is 0 Å². The first-order valence-electron chi connectivity index (χ1n) is 10.7. The topological polar surface area (TPSA) is 22.1 Å². The smallest absolute Gasteiger partial charge is 0.201 e. The number of hydrogen-bond donors (Lipinski definition) is 0. The molecule has 0 aliphatic heterocycles. The first-order chi connectivity index (χ1) is 14.0. The number of alkyl halides is 1. The number of unbranched alkanes of at least 4 members (excludes halogenated alkanes) is 5. The van der Waals surface area contributed by atoms with E-state index in [9.17, 15) is 13.2 Å². The van der Waals surface area contributed by atoms with Crippen molar-refractivity contribution in [3.05, 3.63) is 47.7 Å². The van der Waals surface area contributed by atoms with Crippen LogP contribution >= 0.6 is 0 Å². The molecule has 2 nitrogen and oxygen atoms in total. The Balaban J connectivity index is 1.91. The van der Waals surface area contributed by atoms with E-state index in [-0.39, 0.29) is 11.3 Å². The Hall–Kier alpha value is -2.04. The zero-order chi connectivity index (χ0) is 21.1. The normalized spacial score (nSPS) is 12.2. The van der Waals surface area contributed by atoms with Gasteiger partial charge in [0.1, 0.15) is 0 Å². The minimum atomic E-state index is -0.976. The molecule has 0 aliphatic carbocycles. The summed E-state index contributed by atoms with van der Waals surface area (Å²) >= 11 is 0. The number of benzene rings is 1. The molecule has 0 N–H and O–H groups in total. The Labute approximate surface area is 172 Å². The van der Waals surface area contributed by atoms with Crippen LogP contribution < -0.4 is 4.74 Å². The average molecular weight is 408 g/mol. The van der Waals surface area contributed by atoms with E-state index in [4.69, 9.17) is 4.74 Å². The summed E-state index contributed by atoms with van der Waals surface area (Å²) < 4.78 is 47.2. The summed E-state index contributed by atoms with van der Waals surface area (Å²) in [6.45, 7) is 4.09. The van der Waals surface area contributed by atoms with Gasteiger partial charge in [0.2, 0.25) is 5.82 Å². The third-order valence-corrected chi connectivity index (χ3v) is 4.97. The average Bonchev–Trinajstić information content (AvgIpc) is 2.71. The van der Waals surface area contributed by atoms with Crippen LogP contribution in [-0.4, -0.2) is 17.8 Å². The molecule has 5 heteroatoms. The molecule has 0 saturated heterocycles. The van der Waals surface area contributed by atoms with Crippen molar-refractivity contribution in [2.24, 2.45) is 0 Å². The molecular formula is C24H32F3NO. The summed E-state index contributed by atoms with van der Waals surface area (Å²) in [5, 5.41) is 0. The fourth-order valence-electron chi connectivity index (χ4n) is 3.22. The number of pyridine rings is 1. The van der Waals surface area contributed by atoms with Crippen LogP contribution in [-0.2, 0) is 6.42 Å². The first-order valence-corrected chi connectivity index (χ1v) is 10.7. The fraction of sp³-hybridized carbons (Fsp3) is 0.542. The molecule has 1 unspecified atom stereocenters. The molecule has 0 aliphatic rings. The van der Waals surface area contributed by atoms with Crippen LogP contribution in [0, 0.1) is 11.6 Å². The number of rotatable bonds is 13. The van der Waals surface area contributed by atoms with E-state index in [1.807, 2.05) is 6.07 Å². The third-order valence-electron chi connectivity index (χ3n) is 4.97. The minimum absolute atomic E-state index is 0.0585. The van der Waals surface area contributed by atoms with Gasteiger partial charge in [0.05, 0.1) is 18.5 Å². The van der Waals surface area contributed by atoms with Gasteiger partial charge in [0, 0.05) is 11.8 Å². The number of nitrogens with zero attached hydrogens (tertiary/aromatic N) is 1. The van der Waals surface area contributed by atoms with Crippen molar-refractivity contribution in [1.82, 2.24) is 4.98 Å². The summed E-state index contributed by atoms with van der Waals surface area (Å²) in [6, 6.07) is 6.46. The highest BCUT2D eigenvalue weighted by Gasteiger charge is 2.16. The molecule has 0 spiro atoms. The molecule has 1 aromatic carbocycles. The molecular weight excluding hydrogens is 375 g/mol. The van der Waals surface area contributed by atoms with Crippen molar-refractivity contribution >= 4 is 0 Å². The highest BCUT2D eigenvalue weighted by Crippen LogP contribution is 2.29. The van der Waals surface area contributed by atoms with Gasteiger partial charge < -0.3 is 4.74 Å². The Bertz CT molecular complexity index is 732. The predicted molar refractivity (Wildman–Crippen MR) is 112 cm³/mol.